The summed E-state index contributed by atoms with van der Waals surface area (Å²) in [5.41, 5.74) is 2.69. The van der Waals surface area contributed by atoms with Crippen molar-refractivity contribution in [1.82, 2.24) is 5.32 Å². The first-order valence-corrected chi connectivity index (χ1v) is 7.74. The van der Waals surface area contributed by atoms with E-state index in [2.05, 4.69) is 43.4 Å². The zero-order chi connectivity index (χ0) is 15.3. The molecule has 1 aromatic carbocycles. The van der Waals surface area contributed by atoms with Gasteiger partial charge in [-0.2, -0.15) is 0 Å². The molecule has 1 unspecified atom stereocenters. The van der Waals surface area contributed by atoms with Crippen LogP contribution in [0.5, 0.6) is 0 Å². The van der Waals surface area contributed by atoms with Crippen LogP contribution in [0.15, 0.2) is 24.3 Å². The molecule has 120 valence electrons. The van der Waals surface area contributed by atoms with Crippen molar-refractivity contribution in [2.75, 3.05) is 46.7 Å². The first kappa shape index (κ1) is 18.1. The van der Waals surface area contributed by atoms with Crippen LogP contribution in [0.1, 0.15) is 31.0 Å². The molecule has 0 spiro atoms. The summed E-state index contributed by atoms with van der Waals surface area (Å²) in [5, 5.41) is 3.46. The SMILES string of the molecule is CCc1ccc(C(C)NCCOCCOCCOC)cc1. The van der Waals surface area contributed by atoms with Gasteiger partial charge in [0.1, 0.15) is 0 Å². The third kappa shape index (κ3) is 8.17. The average Bonchev–Trinajstić information content (AvgIpc) is 2.53. The summed E-state index contributed by atoms with van der Waals surface area (Å²) in [6.45, 7) is 8.41. The molecule has 0 aliphatic carbocycles. The predicted octanol–water partition coefficient (Wildman–Crippen LogP) is 2.58. The Morgan fingerprint density at radius 3 is 2.19 bits per heavy atom. The van der Waals surface area contributed by atoms with Gasteiger partial charge < -0.3 is 19.5 Å². The van der Waals surface area contributed by atoms with Crippen molar-refractivity contribution in [3.05, 3.63) is 35.4 Å². The lowest BCUT2D eigenvalue weighted by molar-refractivity contribution is 0.0253. The summed E-state index contributed by atoms with van der Waals surface area (Å²) >= 11 is 0. The molecule has 0 radical (unpaired) electrons. The lowest BCUT2D eigenvalue weighted by atomic mass is 10.1. The number of benzene rings is 1. The van der Waals surface area contributed by atoms with Crippen LogP contribution < -0.4 is 5.32 Å². The van der Waals surface area contributed by atoms with Gasteiger partial charge in [-0.1, -0.05) is 31.2 Å². The van der Waals surface area contributed by atoms with Gasteiger partial charge in [-0.05, 0) is 24.5 Å². The van der Waals surface area contributed by atoms with E-state index < -0.39 is 0 Å². The third-order valence-electron chi connectivity index (χ3n) is 3.39. The first-order chi connectivity index (χ1) is 10.3. The van der Waals surface area contributed by atoms with Crippen LogP contribution in [0.2, 0.25) is 0 Å². The predicted molar refractivity (Wildman–Crippen MR) is 85.8 cm³/mol. The van der Waals surface area contributed by atoms with Gasteiger partial charge >= 0.3 is 0 Å². The molecule has 4 nitrogen and oxygen atoms in total. The number of hydrogen-bond donors (Lipinski definition) is 1. The number of ether oxygens (including phenoxy) is 3. The maximum atomic E-state index is 5.51. The lowest BCUT2D eigenvalue weighted by Gasteiger charge is -2.15. The minimum atomic E-state index is 0.345. The van der Waals surface area contributed by atoms with Crippen LogP contribution in [0.25, 0.3) is 0 Å². The number of nitrogens with one attached hydrogen (secondary N) is 1. The minimum absolute atomic E-state index is 0.345. The third-order valence-corrected chi connectivity index (χ3v) is 3.39. The summed E-state index contributed by atoms with van der Waals surface area (Å²) in [6.07, 6.45) is 1.09. The zero-order valence-electron chi connectivity index (χ0n) is 13.6. The van der Waals surface area contributed by atoms with E-state index in [-0.39, 0.29) is 0 Å². The number of hydrogen-bond acceptors (Lipinski definition) is 4. The Balaban J connectivity index is 2.03. The smallest absolute Gasteiger partial charge is 0.0701 e. The lowest BCUT2D eigenvalue weighted by Crippen LogP contribution is -2.24. The molecule has 1 aromatic rings. The highest BCUT2D eigenvalue weighted by Crippen LogP contribution is 2.13. The van der Waals surface area contributed by atoms with Crippen LogP contribution >= 0.6 is 0 Å². The monoisotopic (exact) mass is 295 g/mol. The molecule has 0 bridgehead atoms. The Morgan fingerprint density at radius 1 is 0.952 bits per heavy atom. The Bertz CT molecular complexity index is 354. The van der Waals surface area contributed by atoms with Gasteiger partial charge in [0.2, 0.25) is 0 Å². The quantitative estimate of drug-likeness (QED) is 0.602. The fraction of sp³-hybridized carbons (Fsp3) is 0.647. The van der Waals surface area contributed by atoms with Crippen molar-refractivity contribution in [2.24, 2.45) is 0 Å². The number of rotatable bonds is 12. The maximum Gasteiger partial charge on any atom is 0.0701 e. The molecule has 0 heterocycles. The molecule has 0 aromatic heterocycles. The Kier molecular flexibility index (Phi) is 10.1. The molecule has 0 fully saturated rings. The van der Waals surface area contributed by atoms with Crippen LogP contribution in [0, 0.1) is 0 Å². The standard InChI is InChI=1S/C17H29NO3/c1-4-16-5-7-17(8-6-16)15(2)18-9-10-20-13-14-21-12-11-19-3/h5-8,15,18H,4,9-14H2,1-3H3. The fourth-order valence-corrected chi connectivity index (χ4v) is 1.97. The fourth-order valence-electron chi connectivity index (χ4n) is 1.97. The molecule has 0 saturated carbocycles. The molecule has 0 saturated heterocycles. The summed E-state index contributed by atoms with van der Waals surface area (Å²) in [6, 6.07) is 9.13. The molecule has 4 heteroatoms. The first-order valence-electron chi connectivity index (χ1n) is 7.74. The average molecular weight is 295 g/mol. The summed E-state index contributed by atoms with van der Waals surface area (Å²) in [7, 11) is 1.67. The summed E-state index contributed by atoms with van der Waals surface area (Å²) in [5.74, 6) is 0. The van der Waals surface area contributed by atoms with E-state index >= 15 is 0 Å². The van der Waals surface area contributed by atoms with Crippen molar-refractivity contribution < 1.29 is 14.2 Å². The van der Waals surface area contributed by atoms with Crippen molar-refractivity contribution in [1.29, 1.82) is 0 Å². The van der Waals surface area contributed by atoms with E-state index in [1.165, 1.54) is 11.1 Å². The van der Waals surface area contributed by atoms with Gasteiger partial charge in [0, 0.05) is 19.7 Å². The second-order valence-electron chi connectivity index (χ2n) is 4.99. The van der Waals surface area contributed by atoms with Gasteiger partial charge in [0.05, 0.1) is 33.0 Å². The molecule has 1 N–H and O–H groups in total. The van der Waals surface area contributed by atoms with Gasteiger partial charge in [-0.3, -0.25) is 0 Å². The molecule has 0 aliphatic heterocycles. The van der Waals surface area contributed by atoms with Gasteiger partial charge in [-0.25, -0.2) is 0 Å². The van der Waals surface area contributed by atoms with E-state index in [9.17, 15) is 0 Å². The second-order valence-corrected chi connectivity index (χ2v) is 4.99. The molecule has 1 rings (SSSR count). The van der Waals surface area contributed by atoms with Crippen LogP contribution in [-0.2, 0) is 20.6 Å². The van der Waals surface area contributed by atoms with Crippen LogP contribution in [0.3, 0.4) is 0 Å². The largest absolute Gasteiger partial charge is 0.382 e. The van der Waals surface area contributed by atoms with E-state index in [1.807, 2.05) is 0 Å². The minimum Gasteiger partial charge on any atom is -0.382 e. The Hall–Kier alpha value is -0.940. The van der Waals surface area contributed by atoms with Crippen molar-refractivity contribution >= 4 is 0 Å². The molecule has 1 atom stereocenters. The Labute approximate surface area is 128 Å². The van der Waals surface area contributed by atoms with Gasteiger partial charge in [-0.15, -0.1) is 0 Å². The maximum absolute atomic E-state index is 5.51. The Morgan fingerprint density at radius 2 is 1.57 bits per heavy atom. The van der Waals surface area contributed by atoms with E-state index in [1.54, 1.807) is 7.11 Å². The molecule has 21 heavy (non-hydrogen) atoms. The number of methoxy groups -OCH3 is 1. The van der Waals surface area contributed by atoms with Gasteiger partial charge in [0.25, 0.3) is 0 Å². The van der Waals surface area contributed by atoms with Crippen molar-refractivity contribution in [2.45, 2.75) is 26.3 Å². The highest BCUT2D eigenvalue weighted by molar-refractivity contribution is 5.24. The highest BCUT2D eigenvalue weighted by Gasteiger charge is 2.03. The molecule has 0 amide bonds. The zero-order valence-corrected chi connectivity index (χ0v) is 13.6. The summed E-state index contributed by atoms with van der Waals surface area (Å²) < 4.78 is 15.7. The van der Waals surface area contributed by atoms with E-state index in [0.29, 0.717) is 39.1 Å². The van der Waals surface area contributed by atoms with Crippen molar-refractivity contribution in [3.63, 3.8) is 0 Å². The van der Waals surface area contributed by atoms with Crippen LogP contribution in [-0.4, -0.2) is 46.7 Å². The number of aryl methyl sites for hydroxylation is 1. The van der Waals surface area contributed by atoms with E-state index in [0.717, 1.165) is 13.0 Å². The topological polar surface area (TPSA) is 39.7 Å². The summed E-state index contributed by atoms with van der Waals surface area (Å²) in [4.78, 5) is 0. The normalized spacial score (nSPS) is 12.5. The van der Waals surface area contributed by atoms with Crippen LogP contribution in [0.4, 0.5) is 0 Å². The van der Waals surface area contributed by atoms with Gasteiger partial charge in [0.15, 0.2) is 0 Å². The van der Waals surface area contributed by atoms with Crippen molar-refractivity contribution in [3.8, 4) is 0 Å². The molecular weight excluding hydrogens is 266 g/mol. The second kappa shape index (κ2) is 11.7. The molecule has 0 aliphatic rings. The molecular formula is C17H29NO3. The van der Waals surface area contributed by atoms with E-state index in [4.69, 9.17) is 14.2 Å². The highest BCUT2D eigenvalue weighted by atomic mass is 16.5.